The fourth-order valence-corrected chi connectivity index (χ4v) is 3.90. The van der Waals surface area contributed by atoms with Crippen LogP contribution in [0.3, 0.4) is 0 Å². The molecular weight excluding hydrogens is 420 g/mol. The number of benzene rings is 3. The molecule has 1 atom stereocenters. The maximum Gasteiger partial charge on any atom is 0.219 e. The molecule has 3 aromatic carbocycles. The molecule has 7 nitrogen and oxygen atoms in total. The molecule has 0 saturated carbocycles. The monoisotopic (exact) mass is 448 g/mol. The van der Waals surface area contributed by atoms with Crippen molar-refractivity contribution in [1.29, 1.82) is 0 Å². The normalized spacial score (nSPS) is 12.1. The Labute approximate surface area is 192 Å². The Balaban J connectivity index is 1.36. The van der Waals surface area contributed by atoms with Gasteiger partial charge in [0.2, 0.25) is 5.91 Å². The Hall–Kier alpha value is -3.55. The van der Waals surface area contributed by atoms with E-state index in [9.17, 15) is 15.0 Å². The van der Waals surface area contributed by atoms with E-state index in [1.807, 2.05) is 54.6 Å². The van der Waals surface area contributed by atoms with E-state index in [0.717, 1.165) is 21.8 Å². The van der Waals surface area contributed by atoms with Crippen molar-refractivity contribution in [3.05, 3.63) is 72.3 Å². The molecule has 172 valence electrons. The molecule has 0 aliphatic carbocycles. The SMILES string of the molecule is CC(=O)N(CCOc1ccccc1CO)CC(O)COc1cccc2[nH]c3ccccc3c12. The lowest BCUT2D eigenvalue weighted by molar-refractivity contribution is -0.130. The van der Waals surface area contributed by atoms with Gasteiger partial charge in [0.15, 0.2) is 0 Å². The van der Waals surface area contributed by atoms with E-state index in [1.165, 1.54) is 11.8 Å². The zero-order valence-corrected chi connectivity index (χ0v) is 18.5. The number of rotatable bonds is 10. The van der Waals surface area contributed by atoms with Gasteiger partial charge in [-0.05, 0) is 24.3 Å². The molecule has 0 bridgehead atoms. The zero-order chi connectivity index (χ0) is 23.2. The van der Waals surface area contributed by atoms with E-state index in [-0.39, 0.29) is 32.3 Å². The summed E-state index contributed by atoms with van der Waals surface area (Å²) in [6.45, 7) is 2.08. The van der Waals surface area contributed by atoms with Crippen molar-refractivity contribution < 1.29 is 24.5 Å². The number of aromatic nitrogens is 1. The van der Waals surface area contributed by atoms with Gasteiger partial charge in [0.05, 0.1) is 25.2 Å². The van der Waals surface area contributed by atoms with E-state index in [1.54, 1.807) is 12.1 Å². The number of nitrogens with one attached hydrogen (secondary N) is 1. The fourth-order valence-electron chi connectivity index (χ4n) is 3.90. The molecule has 0 radical (unpaired) electrons. The van der Waals surface area contributed by atoms with Crippen LogP contribution in [0.2, 0.25) is 0 Å². The third kappa shape index (κ3) is 5.27. The quantitative estimate of drug-likeness (QED) is 0.345. The standard InChI is InChI=1S/C26H28N2O5/c1-18(30)28(13-14-32-24-11-5-2-7-19(24)16-29)15-20(31)17-33-25-12-6-10-23-26(25)21-8-3-4-9-22(21)27-23/h2-12,20,27,29,31H,13-17H2,1H3. The minimum Gasteiger partial charge on any atom is -0.491 e. The maximum absolute atomic E-state index is 12.1. The summed E-state index contributed by atoms with van der Waals surface area (Å²) in [7, 11) is 0. The van der Waals surface area contributed by atoms with Crippen molar-refractivity contribution in [2.24, 2.45) is 0 Å². The maximum atomic E-state index is 12.1. The Bertz CT molecular complexity index is 1240. The summed E-state index contributed by atoms with van der Waals surface area (Å²) in [5.74, 6) is 1.10. The number of hydrogen-bond donors (Lipinski definition) is 3. The van der Waals surface area contributed by atoms with E-state index in [4.69, 9.17) is 9.47 Å². The number of aliphatic hydroxyl groups is 2. The Morgan fingerprint density at radius 1 is 0.970 bits per heavy atom. The van der Waals surface area contributed by atoms with E-state index in [2.05, 4.69) is 4.98 Å². The van der Waals surface area contributed by atoms with E-state index in [0.29, 0.717) is 23.6 Å². The number of ether oxygens (including phenoxy) is 2. The highest BCUT2D eigenvalue weighted by atomic mass is 16.5. The van der Waals surface area contributed by atoms with Crippen LogP contribution in [-0.4, -0.2) is 58.4 Å². The molecule has 3 N–H and O–H groups in total. The van der Waals surface area contributed by atoms with Gasteiger partial charge in [0.25, 0.3) is 0 Å². The number of aliphatic hydroxyl groups excluding tert-OH is 2. The summed E-state index contributed by atoms with van der Waals surface area (Å²) in [6, 6.07) is 21.0. The first-order valence-electron chi connectivity index (χ1n) is 10.9. The van der Waals surface area contributed by atoms with Gasteiger partial charge in [-0.3, -0.25) is 4.79 Å². The number of aromatic amines is 1. The van der Waals surface area contributed by atoms with Gasteiger partial charge < -0.3 is 29.6 Å². The summed E-state index contributed by atoms with van der Waals surface area (Å²) in [4.78, 5) is 17.0. The lowest BCUT2D eigenvalue weighted by atomic mass is 10.1. The molecule has 4 rings (SSSR count). The Kier molecular flexibility index (Phi) is 7.12. The highest BCUT2D eigenvalue weighted by Crippen LogP contribution is 2.33. The van der Waals surface area contributed by atoms with Crippen LogP contribution in [0.1, 0.15) is 12.5 Å². The number of nitrogens with zero attached hydrogens (tertiary/aromatic N) is 1. The number of carbonyl (C=O) groups excluding carboxylic acids is 1. The van der Waals surface area contributed by atoms with Crippen LogP contribution in [0.25, 0.3) is 21.8 Å². The minimum atomic E-state index is -0.862. The number of carbonyl (C=O) groups is 1. The third-order valence-electron chi connectivity index (χ3n) is 5.56. The average Bonchev–Trinajstić information content (AvgIpc) is 3.21. The van der Waals surface area contributed by atoms with Gasteiger partial charge in [-0.15, -0.1) is 0 Å². The highest BCUT2D eigenvalue weighted by Gasteiger charge is 2.17. The second kappa shape index (κ2) is 10.4. The van der Waals surface area contributed by atoms with E-state index < -0.39 is 6.10 Å². The summed E-state index contributed by atoms with van der Waals surface area (Å²) in [5.41, 5.74) is 2.68. The minimum absolute atomic E-state index is 0.0522. The molecule has 1 unspecified atom stereocenters. The molecule has 33 heavy (non-hydrogen) atoms. The van der Waals surface area contributed by atoms with Gasteiger partial charge in [0.1, 0.15) is 30.8 Å². The first-order chi connectivity index (χ1) is 16.1. The molecule has 7 heteroatoms. The molecule has 0 aliphatic heterocycles. The van der Waals surface area contributed by atoms with Crippen LogP contribution in [0.5, 0.6) is 11.5 Å². The van der Waals surface area contributed by atoms with Crippen LogP contribution in [0, 0.1) is 0 Å². The lowest BCUT2D eigenvalue weighted by Crippen LogP contribution is -2.40. The van der Waals surface area contributed by atoms with Crippen molar-refractivity contribution >= 4 is 27.7 Å². The molecule has 0 aliphatic rings. The topological polar surface area (TPSA) is 95.0 Å². The largest absolute Gasteiger partial charge is 0.491 e. The Morgan fingerprint density at radius 2 is 1.70 bits per heavy atom. The van der Waals surface area contributed by atoms with Crippen molar-refractivity contribution in [1.82, 2.24) is 9.88 Å². The van der Waals surface area contributed by atoms with Gasteiger partial charge in [0, 0.05) is 28.8 Å². The first kappa shape index (κ1) is 22.6. The van der Waals surface area contributed by atoms with Crippen LogP contribution in [-0.2, 0) is 11.4 Å². The van der Waals surface area contributed by atoms with Gasteiger partial charge >= 0.3 is 0 Å². The molecular formula is C26H28N2O5. The summed E-state index contributed by atoms with van der Waals surface area (Å²) >= 11 is 0. The third-order valence-corrected chi connectivity index (χ3v) is 5.56. The van der Waals surface area contributed by atoms with Crippen LogP contribution < -0.4 is 9.47 Å². The molecule has 4 aromatic rings. The highest BCUT2D eigenvalue weighted by molar-refractivity contribution is 6.10. The number of fused-ring (bicyclic) bond motifs is 3. The molecule has 0 spiro atoms. The summed E-state index contributed by atoms with van der Waals surface area (Å²) in [6.07, 6.45) is -0.862. The van der Waals surface area contributed by atoms with Crippen LogP contribution in [0.15, 0.2) is 66.7 Å². The zero-order valence-electron chi connectivity index (χ0n) is 18.5. The molecule has 1 aromatic heterocycles. The second-order valence-electron chi connectivity index (χ2n) is 7.89. The number of hydrogen-bond acceptors (Lipinski definition) is 5. The average molecular weight is 449 g/mol. The van der Waals surface area contributed by atoms with Crippen molar-refractivity contribution in [2.45, 2.75) is 19.6 Å². The second-order valence-corrected chi connectivity index (χ2v) is 7.89. The van der Waals surface area contributed by atoms with Gasteiger partial charge in [-0.25, -0.2) is 0 Å². The molecule has 0 fully saturated rings. The first-order valence-corrected chi connectivity index (χ1v) is 10.9. The molecule has 1 heterocycles. The van der Waals surface area contributed by atoms with Crippen molar-refractivity contribution in [3.8, 4) is 11.5 Å². The number of amides is 1. The number of H-pyrrole nitrogens is 1. The smallest absolute Gasteiger partial charge is 0.219 e. The number of para-hydroxylation sites is 2. The predicted molar refractivity (Wildman–Crippen MR) is 127 cm³/mol. The Morgan fingerprint density at radius 3 is 2.52 bits per heavy atom. The molecule has 1 amide bonds. The van der Waals surface area contributed by atoms with Crippen molar-refractivity contribution in [2.75, 3.05) is 26.3 Å². The van der Waals surface area contributed by atoms with Crippen LogP contribution in [0.4, 0.5) is 0 Å². The van der Waals surface area contributed by atoms with Gasteiger partial charge in [-0.1, -0.05) is 42.5 Å². The lowest BCUT2D eigenvalue weighted by Gasteiger charge is -2.24. The van der Waals surface area contributed by atoms with Crippen molar-refractivity contribution in [3.63, 3.8) is 0 Å². The van der Waals surface area contributed by atoms with Gasteiger partial charge in [-0.2, -0.15) is 0 Å². The fraction of sp³-hybridized carbons (Fsp3) is 0.269. The summed E-state index contributed by atoms with van der Waals surface area (Å²) < 4.78 is 11.7. The predicted octanol–water partition coefficient (Wildman–Crippen LogP) is 3.48. The van der Waals surface area contributed by atoms with E-state index >= 15 is 0 Å². The summed E-state index contributed by atoms with van der Waals surface area (Å²) in [5, 5.41) is 22.0. The van der Waals surface area contributed by atoms with Crippen LogP contribution >= 0.6 is 0 Å². The molecule has 0 saturated heterocycles.